The summed E-state index contributed by atoms with van der Waals surface area (Å²) in [6.45, 7) is 0. The van der Waals surface area contributed by atoms with Crippen molar-refractivity contribution in [2.24, 2.45) is 0 Å². The number of hydrogen-bond donors (Lipinski definition) is 1. The SMILES string of the molecule is CN(C)C1([C@H](NC(=O)c2cccc(C(F)(F)F)c2Cl)c2ccc(-c3ccccc3C#N)cc2)CCCC1. The van der Waals surface area contributed by atoms with Crippen molar-refractivity contribution >= 4 is 17.5 Å². The van der Waals surface area contributed by atoms with Crippen molar-refractivity contribution in [3.05, 3.63) is 94.0 Å². The highest BCUT2D eigenvalue weighted by Gasteiger charge is 2.45. The number of hydrogen-bond acceptors (Lipinski definition) is 3. The maximum atomic E-state index is 13.4. The Hall–Kier alpha value is -3.34. The third-order valence-electron chi connectivity index (χ3n) is 7.32. The highest BCUT2D eigenvalue weighted by Crippen LogP contribution is 2.44. The Morgan fingerprint density at radius 3 is 2.27 bits per heavy atom. The van der Waals surface area contributed by atoms with E-state index in [1.165, 1.54) is 12.1 Å². The molecule has 0 heterocycles. The van der Waals surface area contributed by atoms with Crippen molar-refractivity contribution in [1.29, 1.82) is 5.26 Å². The first-order valence-electron chi connectivity index (χ1n) is 12.0. The molecule has 1 fully saturated rings. The number of amides is 1. The molecule has 0 saturated heterocycles. The molecule has 0 aliphatic heterocycles. The van der Waals surface area contributed by atoms with Gasteiger partial charge in [-0.25, -0.2) is 0 Å². The van der Waals surface area contributed by atoms with Crippen LogP contribution in [0.2, 0.25) is 5.02 Å². The molecule has 1 amide bonds. The van der Waals surface area contributed by atoms with E-state index in [4.69, 9.17) is 11.6 Å². The van der Waals surface area contributed by atoms with E-state index in [-0.39, 0.29) is 5.56 Å². The smallest absolute Gasteiger partial charge is 0.343 e. The number of benzene rings is 3. The molecule has 0 radical (unpaired) electrons. The number of carbonyl (C=O) groups excluding carboxylic acids is 1. The summed E-state index contributed by atoms with van der Waals surface area (Å²) in [5, 5.41) is 11.9. The third-order valence-corrected chi connectivity index (χ3v) is 7.73. The van der Waals surface area contributed by atoms with Gasteiger partial charge in [-0.1, -0.05) is 73.0 Å². The fourth-order valence-corrected chi connectivity index (χ4v) is 5.65. The lowest BCUT2D eigenvalue weighted by molar-refractivity contribution is -0.137. The van der Waals surface area contributed by atoms with Crippen LogP contribution in [0.25, 0.3) is 11.1 Å². The topological polar surface area (TPSA) is 56.1 Å². The van der Waals surface area contributed by atoms with Crippen molar-refractivity contribution in [2.45, 2.75) is 43.4 Å². The Morgan fingerprint density at radius 2 is 1.68 bits per heavy atom. The minimum absolute atomic E-state index is 0.215. The molecule has 0 bridgehead atoms. The molecular formula is C29H27ClF3N3O. The summed E-state index contributed by atoms with van der Waals surface area (Å²) >= 11 is 6.07. The second-order valence-electron chi connectivity index (χ2n) is 9.56. The van der Waals surface area contributed by atoms with E-state index in [0.29, 0.717) is 5.56 Å². The van der Waals surface area contributed by atoms with Gasteiger partial charge in [0.25, 0.3) is 5.91 Å². The molecule has 4 rings (SSSR count). The van der Waals surface area contributed by atoms with Crippen molar-refractivity contribution in [3.8, 4) is 17.2 Å². The zero-order valence-electron chi connectivity index (χ0n) is 20.6. The fraction of sp³-hybridized carbons (Fsp3) is 0.310. The number of nitrogens with zero attached hydrogens (tertiary/aromatic N) is 2. The number of carbonyl (C=O) groups is 1. The first kappa shape index (κ1) is 26.7. The first-order valence-corrected chi connectivity index (χ1v) is 12.4. The Balaban J connectivity index is 1.74. The van der Waals surface area contributed by atoms with Crippen molar-refractivity contribution in [1.82, 2.24) is 10.2 Å². The average molecular weight is 526 g/mol. The fourth-order valence-electron chi connectivity index (χ4n) is 5.33. The Bertz CT molecular complexity index is 1320. The number of nitrogens with one attached hydrogen (secondary N) is 1. The molecule has 1 aliphatic rings. The maximum absolute atomic E-state index is 13.4. The molecule has 192 valence electrons. The minimum Gasteiger partial charge on any atom is -0.343 e. The summed E-state index contributed by atoms with van der Waals surface area (Å²) in [6, 6.07) is 20.0. The molecule has 1 saturated carbocycles. The molecule has 3 aromatic rings. The van der Waals surface area contributed by atoms with E-state index in [2.05, 4.69) is 16.3 Å². The van der Waals surface area contributed by atoms with Crippen LogP contribution in [-0.2, 0) is 6.18 Å². The summed E-state index contributed by atoms with van der Waals surface area (Å²) < 4.78 is 40.3. The van der Waals surface area contributed by atoms with E-state index in [9.17, 15) is 23.2 Å². The molecule has 4 nitrogen and oxygen atoms in total. The van der Waals surface area contributed by atoms with Gasteiger partial charge in [-0.05, 0) is 61.8 Å². The summed E-state index contributed by atoms with van der Waals surface area (Å²) in [5.74, 6) is -0.659. The summed E-state index contributed by atoms with van der Waals surface area (Å²) in [6.07, 6.45) is -1.08. The van der Waals surface area contributed by atoms with Gasteiger partial charge in [0.2, 0.25) is 0 Å². The van der Waals surface area contributed by atoms with Crippen LogP contribution in [0.4, 0.5) is 13.2 Å². The summed E-state index contributed by atoms with van der Waals surface area (Å²) in [4.78, 5) is 15.5. The third kappa shape index (κ3) is 5.22. The molecule has 0 spiro atoms. The van der Waals surface area contributed by atoms with Gasteiger partial charge in [-0.15, -0.1) is 0 Å². The van der Waals surface area contributed by atoms with Crippen LogP contribution in [0.5, 0.6) is 0 Å². The van der Waals surface area contributed by atoms with Gasteiger partial charge in [0.05, 0.1) is 33.8 Å². The van der Waals surface area contributed by atoms with Crippen LogP contribution < -0.4 is 5.32 Å². The second-order valence-corrected chi connectivity index (χ2v) is 9.93. The van der Waals surface area contributed by atoms with Gasteiger partial charge in [0.15, 0.2) is 0 Å². The van der Waals surface area contributed by atoms with Crippen molar-refractivity contribution in [2.75, 3.05) is 14.1 Å². The number of halogens is 4. The van der Waals surface area contributed by atoms with Crippen LogP contribution in [-0.4, -0.2) is 30.4 Å². The normalized spacial score (nSPS) is 15.8. The number of rotatable bonds is 6. The van der Waals surface area contributed by atoms with Crippen LogP contribution in [0.1, 0.15) is 58.8 Å². The summed E-state index contributed by atoms with van der Waals surface area (Å²) in [7, 11) is 3.92. The van der Waals surface area contributed by atoms with E-state index in [1.807, 2.05) is 56.6 Å². The molecule has 1 aliphatic carbocycles. The van der Waals surface area contributed by atoms with Gasteiger partial charge < -0.3 is 10.2 Å². The number of likely N-dealkylation sites (N-methyl/N-ethyl adjacent to an activating group) is 1. The quantitative estimate of drug-likeness (QED) is 0.369. The molecule has 37 heavy (non-hydrogen) atoms. The highest BCUT2D eigenvalue weighted by molar-refractivity contribution is 6.34. The molecule has 0 unspecified atom stereocenters. The van der Waals surface area contributed by atoms with E-state index < -0.39 is 34.3 Å². The number of alkyl halides is 3. The van der Waals surface area contributed by atoms with Crippen molar-refractivity contribution in [3.63, 3.8) is 0 Å². The first-order chi connectivity index (χ1) is 17.6. The lowest BCUT2D eigenvalue weighted by Crippen LogP contribution is -2.53. The van der Waals surface area contributed by atoms with E-state index in [0.717, 1.165) is 48.4 Å². The average Bonchev–Trinajstić information content (AvgIpc) is 3.38. The maximum Gasteiger partial charge on any atom is 0.417 e. The van der Waals surface area contributed by atoms with E-state index >= 15 is 0 Å². The van der Waals surface area contributed by atoms with Gasteiger partial charge in [0, 0.05) is 5.54 Å². The zero-order valence-corrected chi connectivity index (χ0v) is 21.3. The van der Waals surface area contributed by atoms with Crippen LogP contribution in [0.15, 0.2) is 66.7 Å². The van der Waals surface area contributed by atoms with Gasteiger partial charge in [0.1, 0.15) is 0 Å². The standard InChI is InChI=1S/C29H27ClF3N3O/c1-36(2)28(16-5-6-17-28)26(35-27(37)23-10-7-11-24(25(23)30)29(31,32)33)20-14-12-19(13-15-20)22-9-4-3-8-21(22)18-34/h3-4,7-15,26H,5-6,16-17H2,1-2H3,(H,35,37)/t26-/m1/s1. The molecule has 3 aromatic carbocycles. The Labute approximate surface area is 219 Å². The lowest BCUT2D eigenvalue weighted by Gasteiger charge is -2.44. The van der Waals surface area contributed by atoms with Crippen molar-refractivity contribution < 1.29 is 18.0 Å². The second kappa shape index (κ2) is 10.6. The molecule has 0 aromatic heterocycles. The van der Waals surface area contributed by atoms with Crippen LogP contribution >= 0.6 is 11.6 Å². The van der Waals surface area contributed by atoms with E-state index in [1.54, 1.807) is 6.07 Å². The highest BCUT2D eigenvalue weighted by atomic mass is 35.5. The molecule has 1 atom stereocenters. The Kier molecular flexibility index (Phi) is 7.63. The largest absolute Gasteiger partial charge is 0.417 e. The predicted octanol–water partition coefficient (Wildman–Crippen LogP) is 7.24. The van der Waals surface area contributed by atoms with Gasteiger partial charge >= 0.3 is 6.18 Å². The van der Waals surface area contributed by atoms with Gasteiger partial charge in [-0.2, -0.15) is 18.4 Å². The predicted molar refractivity (Wildman–Crippen MR) is 138 cm³/mol. The molecular weight excluding hydrogens is 499 g/mol. The van der Waals surface area contributed by atoms with Crippen LogP contribution in [0, 0.1) is 11.3 Å². The molecule has 1 N–H and O–H groups in total. The van der Waals surface area contributed by atoms with Gasteiger partial charge in [-0.3, -0.25) is 4.79 Å². The monoisotopic (exact) mass is 525 g/mol. The summed E-state index contributed by atoms with van der Waals surface area (Å²) in [5.41, 5.74) is 1.36. The molecule has 8 heteroatoms. The lowest BCUT2D eigenvalue weighted by atomic mass is 9.81. The van der Waals surface area contributed by atoms with Crippen LogP contribution in [0.3, 0.4) is 0 Å². The minimum atomic E-state index is -4.67. The number of nitriles is 1. The Morgan fingerprint density at radius 1 is 1.03 bits per heavy atom. The zero-order chi connectivity index (χ0) is 26.8.